The third-order valence-electron chi connectivity index (χ3n) is 3.97. The summed E-state index contributed by atoms with van der Waals surface area (Å²) in [4.78, 5) is 26.6. The van der Waals surface area contributed by atoms with Crippen LogP contribution >= 0.6 is 0 Å². The predicted molar refractivity (Wildman–Crippen MR) is 98.1 cm³/mol. The highest BCUT2D eigenvalue weighted by Crippen LogP contribution is 2.31. The lowest BCUT2D eigenvalue weighted by atomic mass is 10.1. The number of alkyl halides is 2. The molecule has 1 heterocycles. The van der Waals surface area contributed by atoms with Gasteiger partial charge in [-0.3, -0.25) is 10.1 Å². The number of esters is 1. The number of halogens is 2. The molecule has 8 nitrogen and oxygen atoms in total. The molecular weight excluding hydrogens is 390 g/mol. The third-order valence-corrected chi connectivity index (χ3v) is 3.97. The van der Waals surface area contributed by atoms with Gasteiger partial charge in [0.05, 0.1) is 12.0 Å². The minimum absolute atomic E-state index is 0.00358. The summed E-state index contributed by atoms with van der Waals surface area (Å²) in [6.07, 6.45) is 1.39. The molecule has 10 heteroatoms. The summed E-state index contributed by atoms with van der Waals surface area (Å²) in [7, 11) is 1.29. The largest absolute Gasteiger partial charge is 0.493 e. The Morgan fingerprint density at radius 1 is 1.21 bits per heavy atom. The maximum atomic E-state index is 12.4. The molecule has 2 aromatic carbocycles. The van der Waals surface area contributed by atoms with E-state index in [9.17, 15) is 23.7 Å². The number of carbonyl (C=O) groups excluding carboxylic acids is 1. The number of nitrogens with zero attached hydrogens (tertiary/aromatic N) is 2. The number of cyclic esters (lactones) is 1. The number of aryl methyl sites for hydroxylation is 1. The Balaban J connectivity index is 1.91. The molecule has 2 aromatic rings. The van der Waals surface area contributed by atoms with Gasteiger partial charge < -0.3 is 14.2 Å². The van der Waals surface area contributed by atoms with Crippen molar-refractivity contribution in [3.8, 4) is 11.5 Å². The molecule has 0 fully saturated rings. The van der Waals surface area contributed by atoms with Gasteiger partial charge in [0.15, 0.2) is 17.2 Å². The third kappa shape index (κ3) is 4.37. The highest BCUT2D eigenvalue weighted by molar-refractivity contribution is 6.13. The van der Waals surface area contributed by atoms with E-state index in [4.69, 9.17) is 9.47 Å². The Morgan fingerprint density at radius 3 is 2.59 bits per heavy atom. The summed E-state index contributed by atoms with van der Waals surface area (Å²) in [6, 6.07) is 8.36. The lowest BCUT2D eigenvalue weighted by molar-refractivity contribution is -0.385. The summed E-state index contributed by atoms with van der Waals surface area (Å²) in [5, 5.41) is 10.9. The van der Waals surface area contributed by atoms with Crippen molar-refractivity contribution in [2.75, 3.05) is 7.11 Å². The Hall–Kier alpha value is -3.82. The van der Waals surface area contributed by atoms with Gasteiger partial charge in [-0.1, -0.05) is 6.07 Å². The van der Waals surface area contributed by atoms with Crippen molar-refractivity contribution in [2.24, 2.45) is 4.99 Å². The second-order valence-electron chi connectivity index (χ2n) is 5.88. The van der Waals surface area contributed by atoms with Crippen LogP contribution in [0.2, 0.25) is 0 Å². The molecule has 0 unspecified atom stereocenters. The summed E-state index contributed by atoms with van der Waals surface area (Å²) < 4.78 is 39.3. The van der Waals surface area contributed by atoms with E-state index in [1.165, 1.54) is 49.6 Å². The number of aliphatic imine (C=N–C) groups is 1. The molecule has 0 aliphatic carbocycles. The number of hydrogen-bond donors (Lipinski definition) is 0. The smallest absolute Gasteiger partial charge is 0.387 e. The monoisotopic (exact) mass is 404 g/mol. The average Bonchev–Trinajstić information content (AvgIpc) is 3.02. The zero-order valence-corrected chi connectivity index (χ0v) is 15.2. The predicted octanol–water partition coefficient (Wildman–Crippen LogP) is 3.86. The standard InChI is InChI=1S/C19H14F2N2O6/c1-10-7-12(4-5-14(10)23(25)26)17-22-13(18(24)29-17)8-11-3-6-15(28-19(20)21)16(9-11)27-2/h3-9,19H,1-2H3. The maximum Gasteiger partial charge on any atom is 0.387 e. The van der Waals surface area contributed by atoms with E-state index in [2.05, 4.69) is 9.73 Å². The van der Waals surface area contributed by atoms with Crippen LogP contribution in [0.1, 0.15) is 16.7 Å². The molecule has 0 saturated carbocycles. The molecule has 0 radical (unpaired) electrons. The first-order valence-electron chi connectivity index (χ1n) is 8.19. The Morgan fingerprint density at radius 2 is 1.97 bits per heavy atom. The first-order valence-corrected chi connectivity index (χ1v) is 8.19. The molecule has 3 rings (SSSR count). The lowest BCUT2D eigenvalue weighted by Gasteiger charge is -2.10. The molecule has 0 spiro atoms. The van der Waals surface area contributed by atoms with E-state index in [-0.39, 0.29) is 28.8 Å². The molecule has 1 aliphatic heterocycles. The van der Waals surface area contributed by atoms with Crippen LogP contribution < -0.4 is 9.47 Å². The van der Waals surface area contributed by atoms with Crippen molar-refractivity contribution in [1.82, 2.24) is 0 Å². The molecule has 0 atom stereocenters. The molecule has 0 aromatic heterocycles. The zero-order chi connectivity index (χ0) is 21.1. The number of nitro groups is 1. The highest BCUT2D eigenvalue weighted by Gasteiger charge is 2.25. The average molecular weight is 404 g/mol. The number of rotatable bonds is 6. The van der Waals surface area contributed by atoms with Crippen molar-refractivity contribution >= 4 is 23.6 Å². The van der Waals surface area contributed by atoms with E-state index < -0.39 is 17.5 Å². The quantitative estimate of drug-likeness (QED) is 0.314. The fourth-order valence-electron chi connectivity index (χ4n) is 2.65. The minimum Gasteiger partial charge on any atom is -0.493 e. The van der Waals surface area contributed by atoms with Gasteiger partial charge in [0.25, 0.3) is 5.69 Å². The van der Waals surface area contributed by atoms with Crippen molar-refractivity contribution in [3.05, 3.63) is 68.9 Å². The summed E-state index contributed by atoms with van der Waals surface area (Å²) >= 11 is 0. The van der Waals surface area contributed by atoms with E-state index in [1.807, 2.05) is 0 Å². The molecular formula is C19H14F2N2O6. The summed E-state index contributed by atoms with van der Waals surface area (Å²) in [5.41, 5.74) is 1.15. The maximum absolute atomic E-state index is 12.4. The molecule has 0 bridgehead atoms. The molecule has 0 saturated heterocycles. The van der Waals surface area contributed by atoms with Crippen LogP contribution in [0.15, 0.2) is 47.1 Å². The number of hydrogen-bond acceptors (Lipinski definition) is 7. The van der Waals surface area contributed by atoms with Crippen molar-refractivity contribution in [2.45, 2.75) is 13.5 Å². The van der Waals surface area contributed by atoms with Crippen molar-refractivity contribution in [1.29, 1.82) is 0 Å². The molecule has 150 valence electrons. The van der Waals surface area contributed by atoms with Gasteiger partial charge >= 0.3 is 12.6 Å². The van der Waals surface area contributed by atoms with Gasteiger partial charge in [0.2, 0.25) is 5.90 Å². The van der Waals surface area contributed by atoms with Crippen molar-refractivity contribution < 1.29 is 32.7 Å². The minimum atomic E-state index is -3.00. The normalized spacial score (nSPS) is 14.7. The van der Waals surface area contributed by atoms with Crippen LogP contribution in [0, 0.1) is 17.0 Å². The molecule has 0 amide bonds. The van der Waals surface area contributed by atoms with Gasteiger partial charge in [-0.2, -0.15) is 8.78 Å². The van der Waals surface area contributed by atoms with Gasteiger partial charge in [-0.15, -0.1) is 0 Å². The van der Waals surface area contributed by atoms with Crippen LogP contribution in [-0.2, 0) is 9.53 Å². The van der Waals surface area contributed by atoms with Crippen LogP contribution in [0.4, 0.5) is 14.5 Å². The summed E-state index contributed by atoms with van der Waals surface area (Å²) in [5.74, 6) is -0.808. The number of methoxy groups -OCH3 is 1. The van der Waals surface area contributed by atoms with Crippen LogP contribution in [0.3, 0.4) is 0 Å². The second kappa shape index (κ2) is 8.05. The van der Waals surface area contributed by atoms with E-state index in [1.54, 1.807) is 6.92 Å². The molecule has 0 N–H and O–H groups in total. The van der Waals surface area contributed by atoms with Crippen LogP contribution in [-0.4, -0.2) is 30.5 Å². The lowest BCUT2D eigenvalue weighted by Crippen LogP contribution is -2.06. The van der Waals surface area contributed by atoms with E-state index in [0.29, 0.717) is 16.7 Å². The van der Waals surface area contributed by atoms with Crippen molar-refractivity contribution in [3.63, 3.8) is 0 Å². The Kier molecular flexibility index (Phi) is 5.53. The van der Waals surface area contributed by atoms with Crippen LogP contribution in [0.25, 0.3) is 6.08 Å². The van der Waals surface area contributed by atoms with Gasteiger partial charge in [0, 0.05) is 17.2 Å². The number of ether oxygens (including phenoxy) is 3. The highest BCUT2D eigenvalue weighted by atomic mass is 19.3. The fourth-order valence-corrected chi connectivity index (χ4v) is 2.65. The number of benzene rings is 2. The number of carbonyl (C=O) groups is 1. The van der Waals surface area contributed by atoms with E-state index >= 15 is 0 Å². The first kappa shape index (κ1) is 19.9. The summed E-state index contributed by atoms with van der Waals surface area (Å²) in [6.45, 7) is -1.44. The first-order chi connectivity index (χ1) is 13.8. The van der Waals surface area contributed by atoms with Crippen LogP contribution in [0.5, 0.6) is 11.5 Å². The Bertz CT molecular complexity index is 1050. The van der Waals surface area contributed by atoms with Gasteiger partial charge in [-0.25, -0.2) is 9.79 Å². The van der Waals surface area contributed by atoms with E-state index in [0.717, 1.165) is 0 Å². The molecule has 1 aliphatic rings. The number of nitro benzene ring substituents is 1. The second-order valence-corrected chi connectivity index (χ2v) is 5.88. The van der Waals surface area contributed by atoms with Gasteiger partial charge in [0.1, 0.15) is 0 Å². The Labute approximate surface area is 163 Å². The molecule has 29 heavy (non-hydrogen) atoms. The fraction of sp³-hybridized carbons (Fsp3) is 0.158. The zero-order valence-electron chi connectivity index (χ0n) is 15.2. The SMILES string of the molecule is COc1cc(C=C2N=C(c3ccc([N+](=O)[O-])c(C)c3)OC2=O)ccc1OC(F)F. The topological polar surface area (TPSA) is 100 Å². The van der Waals surface area contributed by atoms with Gasteiger partial charge in [-0.05, 0) is 42.8 Å².